The molecule has 2 aromatic carbocycles. The first kappa shape index (κ1) is 18.2. The molecule has 0 bridgehead atoms. The fourth-order valence-electron chi connectivity index (χ4n) is 3.72. The van der Waals surface area contributed by atoms with Crippen LogP contribution in [-0.2, 0) is 0 Å². The summed E-state index contributed by atoms with van der Waals surface area (Å²) in [5.74, 6) is 1.36. The molecule has 132 valence electrons. The van der Waals surface area contributed by atoms with Gasteiger partial charge < -0.3 is 0 Å². The summed E-state index contributed by atoms with van der Waals surface area (Å²) in [7, 11) is 0. The van der Waals surface area contributed by atoms with Crippen LogP contribution in [0.25, 0.3) is 11.1 Å². The van der Waals surface area contributed by atoms with Crippen molar-refractivity contribution in [2.45, 2.75) is 44.4 Å². The zero-order valence-corrected chi connectivity index (χ0v) is 15.4. The van der Waals surface area contributed by atoms with E-state index >= 15 is 0 Å². The zero-order valence-electron chi connectivity index (χ0n) is 14.6. The third-order valence-corrected chi connectivity index (χ3v) is 5.50. The average molecular weight is 357 g/mol. The first-order chi connectivity index (χ1) is 12.3. The molecule has 0 aromatic heterocycles. The lowest BCUT2D eigenvalue weighted by molar-refractivity contribution is 0.375. The summed E-state index contributed by atoms with van der Waals surface area (Å²) in [5, 5.41) is 0.774. The highest BCUT2D eigenvalue weighted by Gasteiger charge is 2.20. The normalized spacial score (nSPS) is 20.9. The average Bonchev–Trinajstić information content (AvgIpc) is 2.67. The maximum absolute atomic E-state index is 12.1. The van der Waals surface area contributed by atoms with Crippen LogP contribution < -0.4 is 0 Å². The number of hydrogen-bond acceptors (Lipinski definition) is 0. The van der Waals surface area contributed by atoms with Crippen LogP contribution >= 0.6 is 11.6 Å². The molecule has 0 amide bonds. The standard InChI is InChI=1S/C23H26ClF/c24-23-15-13-22(14-16-23)21-11-9-20(10-12-21)19-7-5-18(6-8-19)4-2-1-3-17-25/h2,4,9-16,18-19H,1,3,5-8,17H2/t18-,19-. The van der Waals surface area contributed by atoms with Gasteiger partial charge in [-0.3, -0.25) is 4.39 Å². The van der Waals surface area contributed by atoms with Crippen LogP contribution in [0.3, 0.4) is 0 Å². The van der Waals surface area contributed by atoms with Gasteiger partial charge in [0.25, 0.3) is 0 Å². The molecule has 3 rings (SSSR count). The van der Waals surface area contributed by atoms with Gasteiger partial charge in [0.2, 0.25) is 0 Å². The molecule has 0 nitrogen and oxygen atoms in total. The molecule has 0 saturated heterocycles. The predicted octanol–water partition coefficient (Wildman–Crippen LogP) is 7.59. The van der Waals surface area contributed by atoms with Crippen LogP contribution in [0.5, 0.6) is 0 Å². The maximum Gasteiger partial charge on any atom is 0.0897 e. The van der Waals surface area contributed by atoms with Crippen molar-refractivity contribution in [2.24, 2.45) is 5.92 Å². The Morgan fingerprint density at radius 1 is 0.880 bits per heavy atom. The first-order valence-corrected chi connectivity index (χ1v) is 9.72. The van der Waals surface area contributed by atoms with E-state index in [1.807, 2.05) is 12.1 Å². The van der Waals surface area contributed by atoms with Crippen molar-refractivity contribution >= 4 is 11.6 Å². The van der Waals surface area contributed by atoms with Crippen molar-refractivity contribution in [3.05, 3.63) is 71.3 Å². The van der Waals surface area contributed by atoms with E-state index < -0.39 is 0 Å². The molecule has 1 saturated carbocycles. The monoisotopic (exact) mass is 356 g/mol. The topological polar surface area (TPSA) is 0 Å². The van der Waals surface area contributed by atoms with Gasteiger partial charge in [-0.15, -0.1) is 0 Å². The van der Waals surface area contributed by atoms with Crippen LogP contribution in [0.4, 0.5) is 4.39 Å². The Kier molecular flexibility index (Phi) is 6.69. The van der Waals surface area contributed by atoms with Crippen LogP contribution in [0.2, 0.25) is 5.02 Å². The van der Waals surface area contributed by atoms with Crippen LogP contribution in [0.15, 0.2) is 60.7 Å². The molecule has 0 aliphatic heterocycles. The van der Waals surface area contributed by atoms with E-state index in [1.54, 1.807) is 0 Å². The van der Waals surface area contributed by atoms with Crippen LogP contribution in [-0.4, -0.2) is 6.67 Å². The maximum atomic E-state index is 12.1. The molecular formula is C23H26ClF. The molecule has 0 N–H and O–H groups in total. The van der Waals surface area contributed by atoms with Gasteiger partial charge in [0.15, 0.2) is 0 Å². The molecule has 2 aromatic rings. The molecule has 1 fully saturated rings. The number of alkyl halides is 1. The molecule has 0 radical (unpaired) electrons. The summed E-state index contributed by atoms with van der Waals surface area (Å²) in [6.45, 7) is -0.205. The van der Waals surface area contributed by atoms with Gasteiger partial charge >= 0.3 is 0 Å². The summed E-state index contributed by atoms with van der Waals surface area (Å²) in [6.07, 6.45) is 11.0. The summed E-state index contributed by atoms with van der Waals surface area (Å²) in [6, 6.07) is 17.0. The number of hydrogen-bond donors (Lipinski definition) is 0. The fourth-order valence-corrected chi connectivity index (χ4v) is 3.84. The van der Waals surface area contributed by atoms with E-state index in [1.165, 1.54) is 42.4 Å². The highest BCUT2D eigenvalue weighted by Crippen LogP contribution is 2.37. The number of unbranched alkanes of at least 4 members (excludes halogenated alkanes) is 1. The molecule has 0 spiro atoms. The zero-order chi connectivity index (χ0) is 17.5. The van der Waals surface area contributed by atoms with E-state index in [0.29, 0.717) is 18.3 Å². The highest BCUT2D eigenvalue weighted by molar-refractivity contribution is 6.30. The summed E-state index contributed by atoms with van der Waals surface area (Å²) >= 11 is 5.96. The molecule has 0 unspecified atom stereocenters. The molecule has 1 aliphatic rings. The Morgan fingerprint density at radius 2 is 1.48 bits per heavy atom. The summed E-state index contributed by atoms with van der Waals surface area (Å²) in [4.78, 5) is 0. The van der Waals surface area contributed by atoms with Crippen molar-refractivity contribution < 1.29 is 4.39 Å². The van der Waals surface area contributed by atoms with Crippen molar-refractivity contribution in [3.63, 3.8) is 0 Å². The molecule has 0 atom stereocenters. The lowest BCUT2D eigenvalue weighted by Crippen LogP contribution is -2.11. The molecule has 2 heteroatoms. The predicted molar refractivity (Wildman–Crippen MR) is 106 cm³/mol. The first-order valence-electron chi connectivity index (χ1n) is 9.35. The van der Waals surface area contributed by atoms with Gasteiger partial charge in [-0.25, -0.2) is 0 Å². The number of rotatable bonds is 6. The molecule has 1 aliphatic carbocycles. The smallest absolute Gasteiger partial charge is 0.0897 e. The van der Waals surface area contributed by atoms with Crippen molar-refractivity contribution in [2.75, 3.05) is 6.67 Å². The number of benzene rings is 2. The highest BCUT2D eigenvalue weighted by atomic mass is 35.5. The van der Waals surface area contributed by atoms with Gasteiger partial charge in [-0.2, -0.15) is 0 Å². The van der Waals surface area contributed by atoms with Crippen molar-refractivity contribution in [3.8, 4) is 11.1 Å². The summed E-state index contributed by atoms with van der Waals surface area (Å²) < 4.78 is 12.1. The SMILES string of the molecule is FCCCC=C[C@H]1CC[C@H](c2ccc(-c3ccc(Cl)cc3)cc2)CC1. The quantitative estimate of drug-likeness (QED) is 0.369. The largest absolute Gasteiger partial charge is 0.251 e. The minimum atomic E-state index is -0.205. The van der Waals surface area contributed by atoms with E-state index in [9.17, 15) is 4.39 Å². The minimum Gasteiger partial charge on any atom is -0.251 e. The third-order valence-electron chi connectivity index (χ3n) is 5.24. The Labute approximate surface area is 155 Å². The number of halogens is 2. The van der Waals surface area contributed by atoms with E-state index in [4.69, 9.17) is 11.6 Å². The van der Waals surface area contributed by atoms with Crippen LogP contribution in [0.1, 0.15) is 50.0 Å². The lowest BCUT2D eigenvalue weighted by Gasteiger charge is -2.27. The van der Waals surface area contributed by atoms with Crippen molar-refractivity contribution in [1.82, 2.24) is 0 Å². The van der Waals surface area contributed by atoms with Gasteiger partial charge in [0.05, 0.1) is 6.67 Å². The van der Waals surface area contributed by atoms with Gasteiger partial charge in [0.1, 0.15) is 0 Å². The fraction of sp³-hybridized carbons (Fsp3) is 0.391. The summed E-state index contributed by atoms with van der Waals surface area (Å²) in [5.41, 5.74) is 3.90. The molecular weight excluding hydrogens is 331 g/mol. The Morgan fingerprint density at radius 3 is 2.08 bits per heavy atom. The minimum absolute atomic E-state index is 0.205. The Bertz CT molecular complexity index is 664. The van der Waals surface area contributed by atoms with E-state index in [2.05, 4.69) is 48.6 Å². The van der Waals surface area contributed by atoms with Gasteiger partial charge in [-0.1, -0.05) is 60.2 Å². The number of allylic oxidation sites excluding steroid dienone is 2. The van der Waals surface area contributed by atoms with E-state index in [0.717, 1.165) is 11.4 Å². The van der Waals surface area contributed by atoms with Crippen molar-refractivity contribution in [1.29, 1.82) is 0 Å². The second-order valence-corrected chi connectivity index (χ2v) is 7.44. The Hall–Kier alpha value is -1.60. The van der Waals surface area contributed by atoms with Gasteiger partial charge in [-0.05, 0) is 79.2 Å². The lowest BCUT2D eigenvalue weighted by atomic mass is 9.78. The Balaban J connectivity index is 1.55. The van der Waals surface area contributed by atoms with Crippen LogP contribution in [0, 0.1) is 5.92 Å². The van der Waals surface area contributed by atoms with Gasteiger partial charge in [0, 0.05) is 5.02 Å². The van der Waals surface area contributed by atoms with E-state index in [-0.39, 0.29) is 6.67 Å². The molecule has 0 heterocycles. The third kappa shape index (κ3) is 5.19. The second kappa shape index (κ2) is 9.20. The second-order valence-electron chi connectivity index (χ2n) is 7.00. The molecule has 25 heavy (non-hydrogen) atoms.